The van der Waals surface area contributed by atoms with Crippen molar-refractivity contribution in [2.24, 2.45) is 0 Å². The minimum atomic E-state index is 1.17. The monoisotopic (exact) mass is 200 g/mol. The molecule has 1 aromatic carbocycles. The first-order valence-corrected chi connectivity index (χ1v) is 5.64. The Morgan fingerprint density at radius 2 is 2.00 bits per heavy atom. The minimum absolute atomic E-state index is 1.17. The Morgan fingerprint density at radius 1 is 1.27 bits per heavy atom. The van der Waals surface area contributed by atoms with E-state index in [-0.39, 0.29) is 0 Å². The van der Waals surface area contributed by atoms with Crippen molar-refractivity contribution in [3.63, 3.8) is 0 Å². The second kappa shape index (κ2) is 6.23. The molecule has 0 atom stereocenters. The molecule has 0 radical (unpaired) electrons. The topological polar surface area (TPSA) is 0 Å². The lowest BCUT2D eigenvalue weighted by Gasteiger charge is -2.00. The molecule has 1 aromatic rings. The highest BCUT2D eigenvalue weighted by molar-refractivity contribution is 5.58. The van der Waals surface area contributed by atoms with Gasteiger partial charge in [-0.05, 0) is 31.4 Å². The molecule has 0 saturated heterocycles. The standard InChI is InChI=1S/C15H20/c1-4-5-6-9-13(2)12-15-11-8-7-10-14(15)3/h6-12H,4-5H2,1-3H3/b9-6+,13-12-. The van der Waals surface area contributed by atoms with Crippen LogP contribution in [0.15, 0.2) is 42.0 Å². The first kappa shape index (κ1) is 11.8. The first-order chi connectivity index (χ1) is 7.24. The lowest BCUT2D eigenvalue weighted by Crippen LogP contribution is -1.79. The van der Waals surface area contributed by atoms with Gasteiger partial charge < -0.3 is 0 Å². The Balaban J connectivity index is 2.74. The van der Waals surface area contributed by atoms with Gasteiger partial charge in [-0.3, -0.25) is 0 Å². The average Bonchev–Trinajstić information content (AvgIpc) is 2.22. The van der Waals surface area contributed by atoms with Gasteiger partial charge in [0.1, 0.15) is 0 Å². The molecule has 1 rings (SSSR count). The van der Waals surface area contributed by atoms with Crippen molar-refractivity contribution < 1.29 is 0 Å². The quantitative estimate of drug-likeness (QED) is 0.615. The maximum absolute atomic E-state index is 2.24. The van der Waals surface area contributed by atoms with E-state index in [9.17, 15) is 0 Å². The molecule has 0 heterocycles. The van der Waals surface area contributed by atoms with E-state index in [1.807, 2.05) is 0 Å². The molecule has 0 aliphatic carbocycles. The van der Waals surface area contributed by atoms with Gasteiger partial charge in [-0.2, -0.15) is 0 Å². The van der Waals surface area contributed by atoms with E-state index in [1.165, 1.54) is 29.5 Å². The van der Waals surface area contributed by atoms with Gasteiger partial charge in [-0.15, -0.1) is 0 Å². The van der Waals surface area contributed by atoms with Crippen LogP contribution in [0, 0.1) is 6.92 Å². The van der Waals surface area contributed by atoms with Gasteiger partial charge in [-0.1, -0.05) is 61.4 Å². The van der Waals surface area contributed by atoms with Crippen LogP contribution >= 0.6 is 0 Å². The van der Waals surface area contributed by atoms with Crippen LogP contribution in [0.1, 0.15) is 37.8 Å². The third-order valence-electron chi connectivity index (χ3n) is 2.41. The van der Waals surface area contributed by atoms with E-state index in [2.05, 4.69) is 63.3 Å². The molecular weight excluding hydrogens is 180 g/mol. The predicted octanol–water partition coefficient (Wildman–Crippen LogP) is 4.75. The van der Waals surface area contributed by atoms with Crippen molar-refractivity contribution in [1.82, 2.24) is 0 Å². The molecule has 0 unspecified atom stereocenters. The summed E-state index contributed by atoms with van der Waals surface area (Å²) in [5, 5.41) is 0. The van der Waals surface area contributed by atoms with E-state index < -0.39 is 0 Å². The Morgan fingerprint density at radius 3 is 2.67 bits per heavy atom. The lowest BCUT2D eigenvalue weighted by atomic mass is 10.1. The van der Waals surface area contributed by atoms with Crippen LogP contribution in [0.3, 0.4) is 0 Å². The van der Waals surface area contributed by atoms with Gasteiger partial charge in [-0.25, -0.2) is 0 Å². The third kappa shape index (κ3) is 4.16. The largest absolute Gasteiger partial charge is 0.0843 e. The second-order valence-electron chi connectivity index (χ2n) is 3.94. The zero-order valence-corrected chi connectivity index (χ0v) is 9.96. The molecule has 0 aromatic heterocycles. The molecule has 80 valence electrons. The van der Waals surface area contributed by atoms with Crippen LogP contribution in [0.2, 0.25) is 0 Å². The SMILES string of the molecule is CCC/C=C/C(C)=C\c1ccccc1C. The Bertz CT molecular complexity index is 356. The molecule has 0 amide bonds. The number of rotatable bonds is 4. The molecule has 0 aliphatic heterocycles. The second-order valence-corrected chi connectivity index (χ2v) is 3.94. The van der Waals surface area contributed by atoms with Gasteiger partial charge >= 0.3 is 0 Å². The summed E-state index contributed by atoms with van der Waals surface area (Å²) in [6.45, 7) is 6.50. The number of allylic oxidation sites excluding steroid dienone is 3. The van der Waals surface area contributed by atoms with E-state index >= 15 is 0 Å². The van der Waals surface area contributed by atoms with Crippen LogP contribution in [0.5, 0.6) is 0 Å². The number of hydrogen-bond donors (Lipinski definition) is 0. The van der Waals surface area contributed by atoms with Crippen molar-refractivity contribution in [3.8, 4) is 0 Å². The van der Waals surface area contributed by atoms with E-state index in [0.29, 0.717) is 0 Å². The van der Waals surface area contributed by atoms with E-state index in [1.54, 1.807) is 0 Å². The first-order valence-electron chi connectivity index (χ1n) is 5.64. The van der Waals surface area contributed by atoms with Crippen LogP contribution < -0.4 is 0 Å². The van der Waals surface area contributed by atoms with Crippen molar-refractivity contribution in [3.05, 3.63) is 53.1 Å². The molecule has 0 heteroatoms. The summed E-state index contributed by atoms with van der Waals surface area (Å²) in [7, 11) is 0. The summed E-state index contributed by atoms with van der Waals surface area (Å²) in [5.74, 6) is 0. The number of unbranched alkanes of at least 4 members (excludes halogenated alkanes) is 1. The van der Waals surface area contributed by atoms with E-state index in [0.717, 1.165) is 0 Å². The molecule has 0 N–H and O–H groups in total. The number of hydrogen-bond acceptors (Lipinski definition) is 0. The van der Waals surface area contributed by atoms with Crippen molar-refractivity contribution in [2.45, 2.75) is 33.6 Å². The molecule has 0 bridgehead atoms. The summed E-state index contributed by atoms with van der Waals surface area (Å²) >= 11 is 0. The van der Waals surface area contributed by atoms with Crippen LogP contribution in [0.4, 0.5) is 0 Å². The lowest BCUT2D eigenvalue weighted by molar-refractivity contribution is 0.958. The maximum atomic E-state index is 2.24. The fraction of sp³-hybridized carbons (Fsp3) is 0.333. The Kier molecular flexibility index (Phi) is 4.89. The molecule has 0 aliphatic rings. The van der Waals surface area contributed by atoms with E-state index in [4.69, 9.17) is 0 Å². The molecule has 0 spiro atoms. The Hall–Kier alpha value is -1.30. The van der Waals surface area contributed by atoms with Gasteiger partial charge in [0, 0.05) is 0 Å². The highest BCUT2D eigenvalue weighted by atomic mass is 14.0. The zero-order chi connectivity index (χ0) is 11.1. The number of benzene rings is 1. The minimum Gasteiger partial charge on any atom is -0.0843 e. The number of aryl methyl sites for hydroxylation is 1. The maximum Gasteiger partial charge on any atom is -0.0225 e. The smallest absolute Gasteiger partial charge is 0.0225 e. The highest BCUT2D eigenvalue weighted by Gasteiger charge is 1.92. The van der Waals surface area contributed by atoms with Crippen molar-refractivity contribution in [2.75, 3.05) is 0 Å². The van der Waals surface area contributed by atoms with Gasteiger partial charge in [0.2, 0.25) is 0 Å². The highest BCUT2D eigenvalue weighted by Crippen LogP contribution is 2.12. The summed E-state index contributed by atoms with van der Waals surface area (Å²) in [4.78, 5) is 0. The summed E-state index contributed by atoms with van der Waals surface area (Å²) in [6.07, 6.45) is 9.06. The molecule has 0 saturated carbocycles. The molecule has 15 heavy (non-hydrogen) atoms. The zero-order valence-electron chi connectivity index (χ0n) is 9.96. The fourth-order valence-corrected chi connectivity index (χ4v) is 1.48. The molecule has 0 nitrogen and oxygen atoms in total. The van der Waals surface area contributed by atoms with Gasteiger partial charge in [0.25, 0.3) is 0 Å². The van der Waals surface area contributed by atoms with Gasteiger partial charge in [0.15, 0.2) is 0 Å². The molecule has 0 fully saturated rings. The van der Waals surface area contributed by atoms with Gasteiger partial charge in [0.05, 0.1) is 0 Å². The fourth-order valence-electron chi connectivity index (χ4n) is 1.48. The third-order valence-corrected chi connectivity index (χ3v) is 2.41. The summed E-state index contributed by atoms with van der Waals surface area (Å²) < 4.78 is 0. The average molecular weight is 200 g/mol. The van der Waals surface area contributed by atoms with Crippen molar-refractivity contribution >= 4 is 6.08 Å². The summed E-state index contributed by atoms with van der Waals surface area (Å²) in [5.41, 5.74) is 3.97. The van der Waals surface area contributed by atoms with Crippen LogP contribution in [-0.4, -0.2) is 0 Å². The van der Waals surface area contributed by atoms with Crippen molar-refractivity contribution in [1.29, 1.82) is 0 Å². The predicted molar refractivity (Wildman–Crippen MR) is 68.9 cm³/mol. The normalized spacial score (nSPS) is 12.3. The van der Waals surface area contributed by atoms with Crippen LogP contribution in [0.25, 0.3) is 6.08 Å². The summed E-state index contributed by atoms with van der Waals surface area (Å²) in [6, 6.07) is 8.47. The molecular formula is C15H20. The Labute approximate surface area is 93.3 Å². The van der Waals surface area contributed by atoms with Crippen LogP contribution in [-0.2, 0) is 0 Å².